The van der Waals surface area contributed by atoms with Gasteiger partial charge in [-0.2, -0.15) is 5.26 Å². The van der Waals surface area contributed by atoms with Crippen LogP contribution in [0.3, 0.4) is 0 Å². The van der Waals surface area contributed by atoms with Crippen molar-refractivity contribution >= 4 is 84.6 Å². The number of anilines is 5. The van der Waals surface area contributed by atoms with Crippen LogP contribution < -0.4 is 25.0 Å². The second kappa shape index (κ2) is 33.5. The lowest BCUT2D eigenvalue weighted by atomic mass is 9.97. The number of nitriles is 1. The van der Waals surface area contributed by atoms with Crippen LogP contribution in [0.1, 0.15) is 64.6 Å². The smallest absolute Gasteiger partial charge is 0.340 e. The lowest BCUT2D eigenvalue weighted by Gasteiger charge is -2.20. The second-order valence-electron chi connectivity index (χ2n) is 18.3. The number of ether oxygens (including phenoxy) is 4. The van der Waals surface area contributed by atoms with Gasteiger partial charge in [0.15, 0.2) is 12.0 Å². The number of amides is 1. The van der Waals surface area contributed by atoms with E-state index < -0.39 is 73.0 Å². The average molecular weight is 1270 g/mol. The minimum Gasteiger partial charge on any atom is -0.465 e. The van der Waals surface area contributed by atoms with Gasteiger partial charge in [0.2, 0.25) is 6.41 Å². The van der Waals surface area contributed by atoms with Gasteiger partial charge in [0.05, 0.1) is 77.4 Å². The topological polar surface area (TPSA) is 291 Å². The molecule has 7 aromatic rings. The summed E-state index contributed by atoms with van der Waals surface area (Å²) in [7, 11) is 1.42. The van der Waals surface area contributed by atoms with E-state index >= 15 is 0 Å². The van der Waals surface area contributed by atoms with E-state index in [1.807, 2.05) is 0 Å². The highest BCUT2D eigenvalue weighted by Gasteiger charge is 2.28. The van der Waals surface area contributed by atoms with E-state index in [2.05, 4.69) is 35.8 Å². The summed E-state index contributed by atoms with van der Waals surface area (Å²) in [6.45, 7) is 1.11. The van der Waals surface area contributed by atoms with E-state index in [9.17, 15) is 67.6 Å². The third-order valence-corrected chi connectivity index (χ3v) is 16.3. The number of nitrogens with two attached hydrogens (primary N) is 1. The summed E-state index contributed by atoms with van der Waals surface area (Å²) in [5.41, 5.74) is 6.05. The van der Waals surface area contributed by atoms with Crippen LogP contribution in [0.2, 0.25) is 0 Å². The first-order valence-electron chi connectivity index (χ1n) is 25.9. The van der Waals surface area contributed by atoms with Crippen LogP contribution in [0.5, 0.6) is 0 Å². The first kappa shape index (κ1) is 71.1. The van der Waals surface area contributed by atoms with Crippen molar-refractivity contribution in [2.45, 2.75) is 22.6 Å². The number of sulfonamides is 2. The zero-order valence-electron chi connectivity index (χ0n) is 48.7. The zero-order valence-corrected chi connectivity index (χ0v) is 50.3. The number of carbonyl (C=O) groups excluding carboxylic acids is 6. The zero-order chi connectivity index (χ0) is 66.2. The molecule has 0 spiro atoms. The molecule has 1 saturated heterocycles. The largest absolute Gasteiger partial charge is 0.465 e. The normalized spacial score (nSPS) is 12.1. The molecule has 0 aliphatic carbocycles. The number of esters is 4. The van der Waals surface area contributed by atoms with Crippen LogP contribution in [-0.2, 0) is 43.8 Å². The molecular formula is C61H60F5N7O14S2. The highest BCUT2D eigenvalue weighted by Crippen LogP contribution is 2.28. The van der Waals surface area contributed by atoms with E-state index in [-0.39, 0.29) is 78.5 Å². The van der Waals surface area contributed by atoms with Crippen LogP contribution in [-0.4, -0.2) is 120 Å². The summed E-state index contributed by atoms with van der Waals surface area (Å²) in [5, 5.41) is 13.9. The predicted molar refractivity (Wildman–Crippen MR) is 319 cm³/mol. The molecule has 28 heteroatoms. The standard InChI is InChI=1S/C20H20FN3O3S.C15H14FNO4S.C9H8FNO3.C9H10FNO2.C8H8FNO2/c1-23(28(26,27)17-5-3-2-4-6-17)16-7-8-18(19(21)12-16)20(25)11-15-9-10-24(13-15)14-22;1-17(22(19,20)12-6-4-3-5-7-12)11-8-9-13(14(16)10-11)15(18)21-2;1-14-9(13)7-3-2-6(11-5-12)4-8(7)10;1-11-6-3-4-7(8(10)5-6)9(12)13-2;1-12-8(11)6-3-2-5(10)4-7(6)9/h2-8,12,15H,9-11,13H2,1H3;3-10H,1-2H3;2-5H,1H3,(H,11,12);3-5,11H,1-2H3;2-4H,10H2,1H3/t15-;;;;/m0..../s1. The molecule has 1 atom stereocenters. The van der Waals surface area contributed by atoms with Gasteiger partial charge in [-0.05, 0) is 128 Å². The molecule has 1 aliphatic rings. The Morgan fingerprint density at radius 1 is 0.573 bits per heavy atom. The number of carbonyl (C=O) groups is 6. The molecule has 89 heavy (non-hydrogen) atoms. The molecule has 21 nitrogen and oxygen atoms in total. The van der Waals surface area contributed by atoms with Crippen molar-refractivity contribution in [2.24, 2.45) is 5.92 Å². The number of methoxy groups -OCH3 is 4. The number of nitrogens with zero attached hydrogens (tertiary/aromatic N) is 4. The van der Waals surface area contributed by atoms with Crippen LogP contribution >= 0.6 is 0 Å². The molecule has 1 fully saturated rings. The minimum atomic E-state index is -3.82. The minimum absolute atomic E-state index is 0.0207. The first-order chi connectivity index (χ1) is 42.2. The number of nitrogen functional groups attached to an aromatic ring is 1. The first-order valence-corrected chi connectivity index (χ1v) is 28.8. The fraction of sp³-hybridized carbons (Fsp3) is 0.197. The molecule has 470 valence electrons. The molecule has 8 rings (SSSR count). The molecule has 0 bridgehead atoms. The fourth-order valence-corrected chi connectivity index (χ4v) is 10.3. The summed E-state index contributed by atoms with van der Waals surface area (Å²) in [4.78, 5) is 68.3. The van der Waals surface area contributed by atoms with Crippen molar-refractivity contribution in [3.05, 3.63) is 209 Å². The van der Waals surface area contributed by atoms with E-state index in [1.165, 1.54) is 120 Å². The van der Waals surface area contributed by atoms with E-state index in [4.69, 9.17) is 11.0 Å². The monoisotopic (exact) mass is 1270 g/mol. The number of hydrogen-bond acceptors (Lipinski definition) is 18. The Morgan fingerprint density at radius 3 is 1.30 bits per heavy atom. The van der Waals surface area contributed by atoms with Gasteiger partial charge in [0.1, 0.15) is 29.1 Å². The van der Waals surface area contributed by atoms with Gasteiger partial charge in [-0.25, -0.2) is 58.0 Å². The lowest BCUT2D eigenvalue weighted by Crippen LogP contribution is -2.26. The third-order valence-electron chi connectivity index (χ3n) is 12.7. The van der Waals surface area contributed by atoms with Gasteiger partial charge in [0.25, 0.3) is 20.0 Å². The average Bonchev–Trinajstić information content (AvgIpc) is 1.69. The molecular weight excluding hydrogens is 1210 g/mol. The summed E-state index contributed by atoms with van der Waals surface area (Å²) in [6.07, 6.45) is 3.35. The number of nitrogens with one attached hydrogen (secondary N) is 2. The number of rotatable bonds is 16. The van der Waals surface area contributed by atoms with Gasteiger partial charge in [0, 0.05) is 57.7 Å². The highest BCUT2D eigenvalue weighted by atomic mass is 32.2. The number of Topliss-reactive ketones (excluding diaryl/α,β-unsaturated/α-hetero) is 1. The maximum absolute atomic E-state index is 14.6. The Morgan fingerprint density at radius 2 is 0.944 bits per heavy atom. The summed E-state index contributed by atoms with van der Waals surface area (Å²) in [5.74, 6) is -6.85. The fourth-order valence-electron chi connectivity index (χ4n) is 7.84. The van der Waals surface area contributed by atoms with Crippen LogP contribution in [0, 0.1) is 46.5 Å². The number of benzene rings is 7. The molecule has 1 amide bonds. The molecule has 1 aliphatic heterocycles. The van der Waals surface area contributed by atoms with E-state index in [0.717, 1.165) is 46.4 Å². The third kappa shape index (κ3) is 19.6. The molecule has 0 saturated carbocycles. The van der Waals surface area contributed by atoms with Crippen molar-refractivity contribution in [2.75, 3.05) is 87.6 Å². The number of ketones is 1. The summed E-state index contributed by atoms with van der Waals surface area (Å²) >= 11 is 0. The van der Waals surface area contributed by atoms with Crippen molar-refractivity contribution in [1.82, 2.24) is 4.90 Å². The lowest BCUT2D eigenvalue weighted by molar-refractivity contribution is -0.105. The van der Waals surface area contributed by atoms with E-state index in [0.29, 0.717) is 25.2 Å². The SMILES string of the molecule is CN(c1ccc(C(=O)C[C@@H]2CCN(C#N)C2)c(F)c1)S(=O)(=O)c1ccccc1.CNc1ccc(C(=O)OC)c(F)c1.COC(=O)c1ccc(N(C)S(=O)(=O)c2ccccc2)cc1F.COC(=O)c1ccc(N)cc1F.COC(=O)c1ccc(NC=O)cc1F. The Labute approximate surface area is 510 Å². The van der Waals surface area contributed by atoms with Gasteiger partial charge < -0.3 is 40.2 Å². The van der Waals surface area contributed by atoms with Crippen LogP contribution in [0.4, 0.5) is 50.4 Å². The number of halogens is 5. The highest BCUT2D eigenvalue weighted by molar-refractivity contribution is 7.93. The van der Waals surface area contributed by atoms with E-state index in [1.54, 1.807) is 54.4 Å². The Bertz CT molecular complexity index is 3920. The number of hydrogen-bond donors (Lipinski definition) is 3. The molecule has 1 heterocycles. The van der Waals surface area contributed by atoms with Gasteiger partial charge >= 0.3 is 23.9 Å². The second-order valence-corrected chi connectivity index (χ2v) is 22.3. The molecule has 0 radical (unpaired) electrons. The summed E-state index contributed by atoms with van der Waals surface area (Å²) < 4.78 is 137. The molecule has 0 aromatic heterocycles. The van der Waals surface area contributed by atoms with Crippen LogP contribution in [0.15, 0.2) is 161 Å². The van der Waals surface area contributed by atoms with Crippen molar-refractivity contribution < 1.29 is 86.5 Å². The van der Waals surface area contributed by atoms with Gasteiger partial charge in [-0.15, -0.1) is 0 Å². The maximum atomic E-state index is 14.6. The molecule has 4 N–H and O–H groups in total. The maximum Gasteiger partial charge on any atom is 0.340 e. The Hall–Kier alpha value is -10.4. The quantitative estimate of drug-likeness (QED) is 0.0154. The van der Waals surface area contributed by atoms with Crippen molar-refractivity contribution in [3.8, 4) is 6.19 Å². The molecule has 0 unspecified atom stereocenters. The Balaban J connectivity index is 0.000000248. The van der Waals surface area contributed by atoms with Crippen molar-refractivity contribution in [1.29, 1.82) is 5.26 Å². The van der Waals surface area contributed by atoms with Gasteiger partial charge in [-0.1, -0.05) is 36.4 Å². The number of likely N-dealkylation sites (tertiary alicyclic amines) is 1. The summed E-state index contributed by atoms with van der Waals surface area (Å²) in [6, 6.07) is 34.7. The van der Waals surface area contributed by atoms with Gasteiger partial charge in [-0.3, -0.25) is 18.2 Å². The Kier molecular flexibility index (Phi) is 26.7. The van der Waals surface area contributed by atoms with Crippen LogP contribution in [0.25, 0.3) is 0 Å². The predicted octanol–water partition coefficient (Wildman–Crippen LogP) is 9.49. The van der Waals surface area contributed by atoms with Crippen molar-refractivity contribution in [3.63, 3.8) is 0 Å². The molecule has 7 aromatic carbocycles.